The van der Waals surface area contributed by atoms with Gasteiger partial charge in [0.25, 0.3) is 0 Å². The summed E-state index contributed by atoms with van der Waals surface area (Å²) in [4.78, 5) is 58.6. The summed E-state index contributed by atoms with van der Waals surface area (Å²) < 4.78 is 67.6. The lowest BCUT2D eigenvalue weighted by Gasteiger charge is -2.47. The van der Waals surface area contributed by atoms with Crippen molar-refractivity contribution in [3.05, 3.63) is 0 Å². The van der Waals surface area contributed by atoms with Crippen LogP contribution in [0.3, 0.4) is 0 Å². The van der Waals surface area contributed by atoms with Crippen LogP contribution >= 0.6 is 0 Å². The first-order chi connectivity index (χ1) is 53.5. The Morgan fingerprint density at radius 3 is 1.02 bits per heavy atom. The molecule has 4 heterocycles. The van der Waals surface area contributed by atoms with Gasteiger partial charge in [-0.15, -0.1) is 0 Å². The van der Waals surface area contributed by atoms with E-state index in [9.17, 15) is 19.2 Å². The molecule has 0 radical (unpaired) electrons. The average Bonchev–Trinajstić information content (AvgIpc) is 1.13. The van der Waals surface area contributed by atoms with Gasteiger partial charge in [0, 0.05) is 66.3 Å². The summed E-state index contributed by atoms with van der Waals surface area (Å²) in [6.07, 6.45) is 64.7. The molecule has 17 heteroatoms. The summed E-state index contributed by atoms with van der Waals surface area (Å²) in [5.41, 5.74) is 0. The van der Waals surface area contributed by atoms with Gasteiger partial charge in [-0.2, -0.15) is 0 Å². The number of nitrogens with one attached hydrogen (secondary N) is 1. The highest BCUT2D eigenvalue weighted by Crippen LogP contribution is 2.35. The van der Waals surface area contributed by atoms with Crippen LogP contribution in [-0.2, 0) is 61.8 Å². The van der Waals surface area contributed by atoms with Crippen LogP contribution in [0.1, 0.15) is 434 Å². The van der Waals surface area contributed by atoms with E-state index in [1.165, 1.54) is 316 Å². The Morgan fingerprint density at radius 1 is 0.321 bits per heavy atom. The first-order valence-corrected chi connectivity index (χ1v) is 47.2. The molecule has 0 aromatic rings. The van der Waals surface area contributed by atoms with Gasteiger partial charge in [-0.3, -0.25) is 14.4 Å². The fourth-order valence-corrected chi connectivity index (χ4v) is 17.0. The maximum Gasteiger partial charge on any atom is 0.319 e. The third kappa shape index (κ3) is 48.5. The van der Waals surface area contributed by atoms with Gasteiger partial charge in [-0.25, -0.2) is 4.79 Å². The number of hydrogen-bond acceptors (Lipinski definition) is 15. The molecule has 4 aliphatic rings. The molecule has 0 bridgehead atoms. The Labute approximate surface area is 669 Å². The van der Waals surface area contributed by atoms with E-state index in [0.29, 0.717) is 33.0 Å². The van der Waals surface area contributed by atoms with Crippen LogP contribution in [0.4, 0.5) is 4.79 Å². The standard InChI is InChI=1S/C92H173N3O14/c1-8-12-16-20-24-28-32-36-40-44-48-52-56-62-71-100-76-82-84(101-72-63-57-53-49-45-41-37-33-29-25-21-17-13-9-2)86(102-73-64-58-54-50-46-42-38-34-30-26-22-18-14-10-3)89(103-74-65-59-55-51-47-43-39-35-31-27-23-19-15-11-4)91(109-82)104-77-83-85(105-78(5)96)87(106-79(6)97)88(107-80(7)98)90(108-83)93-92(99)95-70-66-67-81(95)75-94-68-60-61-69-94/h81-91H,8-77H2,1-7H3,(H,93,99)/t81?,82-,83-,84+,85-,86+,87+,88-,89-,90-,91+/m1/s1. The number of amides is 2. The fraction of sp³-hybridized carbons (Fsp3) is 0.957. The second kappa shape index (κ2) is 68.6. The highest BCUT2D eigenvalue weighted by Gasteiger charge is 2.55. The molecule has 640 valence electrons. The Bertz CT molecular complexity index is 2120. The third-order valence-electron chi connectivity index (χ3n) is 23.5. The number of carbonyl (C=O) groups is 4. The van der Waals surface area contributed by atoms with Crippen molar-refractivity contribution in [2.75, 3.05) is 65.8 Å². The molecule has 0 spiro atoms. The molecule has 0 aliphatic carbocycles. The fourth-order valence-electron chi connectivity index (χ4n) is 17.0. The molecule has 17 nitrogen and oxygen atoms in total. The quantitative estimate of drug-likeness (QED) is 0.0345. The normalized spacial score (nSPS) is 22.4. The molecule has 1 N–H and O–H groups in total. The molecule has 1 unspecified atom stereocenters. The van der Waals surface area contributed by atoms with E-state index in [2.05, 4.69) is 37.9 Å². The van der Waals surface area contributed by atoms with Crippen LogP contribution in [0.5, 0.6) is 0 Å². The summed E-state index contributed by atoms with van der Waals surface area (Å²) in [5.74, 6) is -2.06. The van der Waals surface area contributed by atoms with E-state index in [0.717, 1.165) is 110 Å². The van der Waals surface area contributed by atoms with Crippen LogP contribution < -0.4 is 5.32 Å². The monoisotopic (exact) mass is 1540 g/mol. The van der Waals surface area contributed by atoms with Crippen molar-refractivity contribution in [1.29, 1.82) is 0 Å². The molecule has 4 fully saturated rings. The van der Waals surface area contributed by atoms with E-state index < -0.39 is 79.3 Å². The first kappa shape index (κ1) is 98.7. The molecular formula is C92H173N3O14. The summed E-state index contributed by atoms with van der Waals surface area (Å²) in [6, 6.07) is -0.414. The molecular weight excluding hydrogens is 1370 g/mol. The third-order valence-corrected chi connectivity index (χ3v) is 23.5. The summed E-state index contributed by atoms with van der Waals surface area (Å²) in [6.45, 7) is 18.3. The molecule has 0 aromatic heterocycles. The molecule has 0 saturated carbocycles. The Morgan fingerprint density at radius 2 is 0.642 bits per heavy atom. The lowest BCUT2D eigenvalue weighted by atomic mass is 9.96. The lowest BCUT2D eigenvalue weighted by molar-refractivity contribution is -0.333. The van der Waals surface area contributed by atoms with E-state index >= 15 is 0 Å². The smallest absolute Gasteiger partial charge is 0.319 e. The van der Waals surface area contributed by atoms with Crippen molar-refractivity contribution < 1.29 is 66.5 Å². The van der Waals surface area contributed by atoms with Crippen LogP contribution in [0.15, 0.2) is 0 Å². The zero-order valence-corrected chi connectivity index (χ0v) is 72.0. The molecule has 4 rings (SSSR count). The predicted molar refractivity (Wildman–Crippen MR) is 445 cm³/mol. The van der Waals surface area contributed by atoms with Gasteiger partial charge >= 0.3 is 23.9 Å². The highest BCUT2D eigenvalue weighted by molar-refractivity contribution is 5.75. The molecule has 11 atom stereocenters. The number of carbonyl (C=O) groups excluding carboxylic acids is 4. The minimum atomic E-state index is -1.39. The second-order valence-corrected chi connectivity index (χ2v) is 33.6. The van der Waals surface area contributed by atoms with Crippen molar-refractivity contribution in [3.63, 3.8) is 0 Å². The second-order valence-electron chi connectivity index (χ2n) is 33.6. The molecule has 0 aromatic carbocycles. The molecule has 109 heavy (non-hydrogen) atoms. The van der Waals surface area contributed by atoms with Gasteiger partial charge in [0.15, 0.2) is 30.8 Å². The molecule has 4 saturated heterocycles. The van der Waals surface area contributed by atoms with E-state index in [4.69, 9.17) is 47.4 Å². The number of ether oxygens (including phenoxy) is 10. The van der Waals surface area contributed by atoms with Crippen molar-refractivity contribution in [2.45, 2.75) is 501 Å². The number of likely N-dealkylation sites (tertiary alicyclic amines) is 2. The Hall–Kier alpha value is -2.64. The van der Waals surface area contributed by atoms with Crippen LogP contribution in [0.25, 0.3) is 0 Å². The summed E-state index contributed by atoms with van der Waals surface area (Å²) >= 11 is 0. The zero-order valence-electron chi connectivity index (χ0n) is 72.0. The number of nitrogens with zero attached hydrogens (tertiary/aromatic N) is 2. The van der Waals surface area contributed by atoms with Crippen LogP contribution in [0, 0.1) is 0 Å². The first-order valence-electron chi connectivity index (χ1n) is 47.2. The van der Waals surface area contributed by atoms with Gasteiger partial charge in [0.2, 0.25) is 0 Å². The van der Waals surface area contributed by atoms with Gasteiger partial charge in [0.1, 0.15) is 30.5 Å². The lowest BCUT2D eigenvalue weighted by Crippen LogP contribution is -2.67. The van der Waals surface area contributed by atoms with Gasteiger partial charge in [0.05, 0.1) is 13.2 Å². The van der Waals surface area contributed by atoms with Crippen molar-refractivity contribution in [3.8, 4) is 0 Å². The van der Waals surface area contributed by atoms with E-state index in [1.54, 1.807) is 0 Å². The Kier molecular flexibility index (Phi) is 62.1. The number of hydrogen-bond donors (Lipinski definition) is 1. The number of urea groups is 1. The summed E-state index contributed by atoms with van der Waals surface area (Å²) in [7, 11) is 0. The minimum absolute atomic E-state index is 0.0244. The number of esters is 3. The van der Waals surface area contributed by atoms with E-state index in [1.807, 2.05) is 4.90 Å². The minimum Gasteiger partial charge on any atom is -0.456 e. The number of rotatable bonds is 74. The van der Waals surface area contributed by atoms with Crippen LogP contribution in [-0.4, -0.2) is 167 Å². The van der Waals surface area contributed by atoms with Crippen LogP contribution in [0.2, 0.25) is 0 Å². The molecule has 2 amide bonds. The Balaban J connectivity index is 1.62. The van der Waals surface area contributed by atoms with Gasteiger partial charge < -0.3 is 62.5 Å². The maximum absolute atomic E-state index is 14.7. The zero-order chi connectivity index (χ0) is 78.1. The predicted octanol–water partition coefficient (Wildman–Crippen LogP) is 23.6. The van der Waals surface area contributed by atoms with Crippen molar-refractivity contribution in [2.24, 2.45) is 0 Å². The van der Waals surface area contributed by atoms with Crippen molar-refractivity contribution in [1.82, 2.24) is 15.1 Å². The van der Waals surface area contributed by atoms with Gasteiger partial charge in [-0.05, 0) is 64.5 Å². The summed E-state index contributed by atoms with van der Waals surface area (Å²) in [5, 5.41) is 3.07. The largest absolute Gasteiger partial charge is 0.456 e. The maximum atomic E-state index is 14.7. The number of unbranched alkanes of at least 4 members (excludes halogenated alkanes) is 52. The van der Waals surface area contributed by atoms with E-state index in [-0.39, 0.29) is 25.3 Å². The van der Waals surface area contributed by atoms with Crippen molar-refractivity contribution >= 4 is 23.9 Å². The SMILES string of the molecule is CCCCCCCCCCCCCCCCOC[C@H]1O[C@H](OC[C@H]2O[C@@H](NC(=O)N3CCCC3CN3CCCC3)[C@H](OC(C)=O)[C@@H](OC(C)=O)[C@@H]2OC(C)=O)[C@H](OCCCCCCCCCCCCCCCC)[C@@H](OCCCCCCCCCCCCCCCC)[C@H]1OCCCCCCCCCCCCCCCC. The highest BCUT2D eigenvalue weighted by atomic mass is 16.7. The molecule has 4 aliphatic heterocycles. The van der Waals surface area contributed by atoms with Gasteiger partial charge in [-0.1, -0.05) is 362 Å². The average molecular weight is 1550 g/mol. The topological polar surface area (TPSA) is 179 Å².